The number of ether oxygens (including phenoxy) is 1. The molecule has 0 radical (unpaired) electrons. The molecule has 0 aromatic heterocycles. The molecule has 2 aromatic carbocycles. The van der Waals surface area contributed by atoms with Gasteiger partial charge in [-0.25, -0.2) is 4.79 Å². The minimum absolute atomic E-state index is 0.132. The first-order chi connectivity index (χ1) is 13.7. The zero-order valence-electron chi connectivity index (χ0n) is 17.2. The molecule has 0 spiro atoms. The third-order valence-corrected chi connectivity index (χ3v) is 4.59. The lowest BCUT2D eigenvalue weighted by molar-refractivity contribution is -0.156. The minimum Gasteiger partial charge on any atom is -0.458 e. The number of hydrogen-bond donors (Lipinski definition) is 1. The van der Waals surface area contributed by atoms with Crippen LogP contribution in [0, 0.1) is 0 Å². The lowest BCUT2D eigenvalue weighted by Gasteiger charge is -2.28. The topological polar surface area (TPSA) is 75.7 Å². The van der Waals surface area contributed by atoms with Gasteiger partial charge in [-0.3, -0.25) is 14.5 Å². The highest BCUT2D eigenvalue weighted by atomic mass is 16.6. The van der Waals surface area contributed by atoms with Crippen molar-refractivity contribution in [1.29, 1.82) is 0 Å². The molecule has 0 saturated carbocycles. The molecule has 0 fully saturated rings. The molecule has 1 unspecified atom stereocenters. The van der Waals surface area contributed by atoms with E-state index in [0.29, 0.717) is 29.8 Å². The van der Waals surface area contributed by atoms with Crippen molar-refractivity contribution >= 4 is 29.2 Å². The molecule has 1 atom stereocenters. The molecule has 1 aliphatic rings. The van der Waals surface area contributed by atoms with E-state index >= 15 is 0 Å². The smallest absolute Gasteiger partial charge is 0.330 e. The summed E-state index contributed by atoms with van der Waals surface area (Å²) in [6.45, 7) is 7.17. The summed E-state index contributed by atoms with van der Waals surface area (Å²) in [7, 11) is 0. The van der Waals surface area contributed by atoms with Gasteiger partial charge < -0.3 is 10.1 Å². The van der Waals surface area contributed by atoms with Crippen LogP contribution in [0.2, 0.25) is 0 Å². The first-order valence-corrected chi connectivity index (χ1v) is 9.74. The predicted molar refractivity (Wildman–Crippen MR) is 112 cm³/mol. The van der Waals surface area contributed by atoms with E-state index in [1.807, 2.05) is 24.3 Å². The number of rotatable bonds is 4. The molecule has 3 rings (SSSR count). The molecular weight excluding hydrogens is 368 g/mol. The lowest BCUT2D eigenvalue weighted by Crippen LogP contribution is -2.45. The SMILES string of the molecule is CCC(=O)Nc1cccc(C(=O)N2c3ccccc3CC2C(=O)OC(C)(C)C)c1. The lowest BCUT2D eigenvalue weighted by atomic mass is 10.1. The Bertz CT molecular complexity index is 946. The fourth-order valence-corrected chi connectivity index (χ4v) is 3.31. The van der Waals surface area contributed by atoms with Gasteiger partial charge in [0, 0.05) is 29.8 Å². The number of nitrogens with zero attached hydrogens (tertiary/aromatic N) is 1. The number of esters is 1. The van der Waals surface area contributed by atoms with Crippen molar-refractivity contribution in [2.24, 2.45) is 0 Å². The molecule has 1 aliphatic heterocycles. The number of hydrogen-bond acceptors (Lipinski definition) is 4. The largest absolute Gasteiger partial charge is 0.458 e. The monoisotopic (exact) mass is 394 g/mol. The van der Waals surface area contributed by atoms with Crippen molar-refractivity contribution in [2.45, 2.75) is 52.2 Å². The van der Waals surface area contributed by atoms with Crippen LogP contribution in [-0.2, 0) is 20.7 Å². The Balaban J connectivity index is 1.94. The summed E-state index contributed by atoms with van der Waals surface area (Å²) in [5.74, 6) is -0.872. The van der Waals surface area contributed by atoms with Crippen molar-refractivity contribution in [3.05, 3.63) is 59.7 Å². The minimum atomic E-state index is -0.729. The van der Waals surface area contributed by atoms with Crippen LogP contribution in [0.25, 0.3) is 0 Å². The van der Waals surface area contributed by atoms with Crippen LogP contribution in [0.3, 0.4) is 0 Å². The van der Waals surface area contributed by atoms with Gasteiger partial charge >= 0.3 is 5.97 Å². The maximum absolute atomic E-state index is 13.4. The van der Waals surface area contributed by atoms with E-state index in [1.54, 1.807) is 52.0 Å². The summed E-state index contributed by atoms with van der Waals surface area (Å²) in [4.78, 5) is 39.4. The Hall–Kier alpha value is -3.15. The molecule has 152 valence electrons. The quantitative estimate of drug-likeness (QED) is 0.797. The fourth-order valence-electron chi connectivity index (χ4n) is 3.31. The van der Waals surface area contributed by atoms with Crippen molar-refractivity contribution in [3.8, 4) is 0 Å². The molecule has 6 heteroatoms. The Labute approximate surface area is 170 Å². The molecule has 2 amide bonds. The number of para-hydroxylation sites is 1. The standard InChI is InChI=1S/C23H26N2O4/c1-5-20(26)24-17-11-8-10-16(13-17)21(27)25-18-12-7-6-9-15(18)14-19(25)22(28)29-23(2,3)4/h6-13,19H,5,14H2,1-4H3,(H,24,26). The van der Waals surface area contributed by atoms with Gasteiger partial charge in [0.2, 0.25) is 5.91 Å². The Kier molecular flexibility index (Phi) is 5.73. The van der Waals surface area contributed by atoms with Crippen LogP contribution in [0.1, 0.15) is 50.0 Å². The average molecular weight is 394 g/mol. The maximum atomic E-state index is 13.4. The van der Waals surface area contributed by atoms with Crippen molar-refractivity contribution in [1.82, 2.24) is 0 Å². The first-order valence-electron chi connectivity index (χ1n) is 9.74. The summed E-state index contributed by atoms with van der Waals surface area (Å²) in [6, 6.07) is 13.5. The van der Waals surface area contributed by atoms with Gasteiger partial charge in [-0.05, 0) is 50.6 Å². The Morgan fingerprint density at radius 3 is 2.52 bits per heavy atom. The molecule has 2 aromatic rings. The molecule has 0 bridgehead atoms. The number of carbonyl (C=O) groups is 3. The molecular formula is C23H26N2O4. The van der Waals surface area contributed by atoms with E-state index in [2.05, 4.69) is 5.32 Å². The number of amides is 2. The maximum Gasteiger partial charge on any atom is 0.330 e. The number of nitrogens with one attached hydrogen (secondary N) is 1. The summed E-state index contributed by atoms with van der Waals surface area (Å²) in [5.41, 5.74) is 1.92. The van der Waals surface area contributed by atoms with E-state index in [1.165, 1.54) is 4.90 Å². The molecule has 0 aliphatic carbocycles. The molecule has 1 N–H and O–H groups in total. The van der Waals surface area contributed by atoms with E-state index in [4.69, 9.17) is 4.74 Å². The Morgan fingerprint density at radius 2 is 1.83 bits per heavy atom. The third-order valence-electron chi connectivity index (χ3n) is 4.59. The highest BCUT2D eigenvalue weighted by molar-refractivity contribution is 6.11. The van der Waals surface area contributed by atoms with Gasteiger partial charge in [0.15, 0.2) is 0 Å². The fraction of sp³-hybridized carbons (Fsp3) is 0.348. The number of benzene rings is 2. The molecule has 29 heavy (non-hydrogen) atoms. The second-order valence-electron chi connectivity index (χ2n) is 8.04. The highest BCUT2D eigenvalue weighted by Crippen LogP contribution is 2.34. The van der Waals surface area contributed by atoms with Crippen LogP contribution in [0.5, 0.6) is 0 Å². The molecule has 1 heterocycles. The van der Waals surface area contributed by atoms with Crippen LogP contribution in [0.15, 0.2) is 48.5 Å². The second-order valence-corrected chi connectivity index (χ2v) is 8.04. The summed E-state index contributed by atoms with van der Waals surface area (Å²) in [6.07, 6.45) is 0.751. The van der Waals surface area contributed by atoms with Gasteiger partial charge in [0.1, 0.15) is 11.6 Å². The first kappa shape index (κ1) is 20.6. The number of anilines is 2. The van der Waals surface area contributed by atoms with E-state index in [-0.39, 0.29) is 11.8 Å². The van der Waals surface area contributed by atoms with Crippen molar-refractivity contribution in [3.63, 3.8) is 0 Å². The Morgan fingerprint density at radius 1 is 1.10 bits per heavy atom. The average Bonchev–Trinajstić information content (AvgIpc) is 3.06. The van der Waals surface area contributed by atoms with Crippen LogP contribution < -0.4 is 10.2 Å². The van der Waals surface area contributed by atoms with E-state index < -0.39 is 17.6 Å². The van der Waals surface area contributed by atoms with Crippen molar-refractivity contribution < 1.29 is 19.1 Å². The van der Waals surface area contributed by atoms with Gasteiger partial charge in [0.05, 0.1) is 0 Å². The third kappa shape index (κ3) is 4.65. The van der Waals surface area contributed by atoms with E-state index in [9.17, 15) is 14.4 Å². The van der Waals surface area contributed by atoms with Crippen LogP contribution >= 0.6 is 0 Å². The zero-order chi connectivity index (χ0) is 21.2. The predicted octanol–water partition coefficient (Wildman–Crippen LogP) is 3.95. The van der Waals surface area contributed by atoms with Crippen LogP contribution in [0.4, 0.5) is 11.4 Å². The summed E-state index contributed by atoms with van der Waals surface area (Å²) >= 11 is 0. The van der Waals surface area contributed by atoms with E-state index in [0.717, 1.165) is 5.56 Å². The van der Waals surface area contributed by atoms with Gasteiger partial charge in [-0.15, -0.1) is 0 Å². The van der Waals surface area contributed by atoms with Gasteiger partial charge in [-0.2, -0.15) is 0 Å². The highest BCUT2D eigenvalue weighted by Gasteiger charge is 2.40. The second kappa shape index (κ2) is 8.07. The normalized spacial score (nSPS) is 15.6. The van der Waals surface area contributed by atoms with Gasteiger partial charge in [-0.1, -0.05) is 31.2 Å². The van der Waals surface area contributed by atoms with Crippen molar-refractivity contribution in [2.75, 3.05) is 10.2 Å². The molecule has 6 nitrogen and oxygen atoms in total. The summed E-state index contributed by atoms with van der Waals surface area (Å²) < 4.78 is 5.57. The zero-order valence-corrected chi connectivity index (χ0v) is 17.2. The van der Waals surface area contributed by atoms with Gasteiger partial charge in [0.25, 0.3) is 5.91 Å². The molecule has 0 saturated heterocycles. The van der Waals surface area contributed by atoms with Crippen LogP contribution in [-0.4, -0.2) is 29.4 Å². The number of fused-ring (bicyclic) bond motifs is 1. The number of carbonyl (C=O) groups excluding carboxylic acids is 3. The summed E-state index contributed by atoms with van der Waals surface area (Å²) in [5, 5.41) is 2.76.